The molecule has 1 aliphatic heterocycles. The number of halogens is 1. The molecule has 1 aliphatic rings. The molecule has 2 aromatic carbocycles. The molecule has 0 amide bonds. The van der Waals surface area contributed by atoms with Crippen molar-refractivity contribution in [1.82, 2.24) is 9.97 Å². The average molecular weight is 494 g/mol. The molecule has 1 aromatic heterocycles. The van der Waals surface area contributed by atoms with Crippen molar-refractivity contribution in [3.63, 3.8) is 0 Å². The van der Waals surface area contributed by atoms with Crippen LogP contribution in [0, 0.1) is 5.92 Å². The maximum Gasteiger partial charge on any atom is 0.339 e. The minimum absolute atomic E-state index is 0.166. The Labute approximate surface area is 211 Å². The number of benzene rings is 2. The second kappa shape index (κ2) is 11.5. The van der Waals surface area contributed by atoms with Crippen molar-refractivity contribution in [2.24, 2.45) is 5.92 Å². The Hall–Kier alpha value is -3.12. The number of rotatable bonds is 10. The molecule has 0 bridgehead atoms. The quantitative estimate of drug-likeness (QED) is 0.381. The summed E-state index contributed by atoms with van der Waals surface area (Å²) in [7, 11) is 0. The van der Waals surface area contributed by atoms with Crippen LogP contribution in [0.2, 0.25) is 5.02 Å². The molecule has 1 atom stereocenters. The van der Waals surface area contributed by atoms with Gasteiger partial charge in [-0.2, -0.15) is 0 Å². The van der Waals surface area contributed by atoms with Crippen molar-refractivity contribution >= 4 is 23.5 Å². The fourth-order valence-corrected chi connectivity index (χ4v) is 4.52. The topological polar surface area (TPSA) is 75.5 Å². The van der Waals surface area contributed by atoms with Gasteiger partial charge in [-0.15, -0.1) is 0 Å². The number of nitrogens with zero attached hydrogens (tertiary/aromatic N) is 3. The van der Waals surface area contributed by atoms with Crippen LogP contribution in [0.1, 0.15) is 53.9 Å². The van der Waals surface area contributed by atoms with Crippen LogP contribution in [-0.4, -0.2) is 40.2 Å². The van der Waals surface area contributed by atoms with Crippen LogP contribution in [0.4, 0.5) is 5.95 Å². The Morgan fingerprint density at radius 2 is 1.83 bits per heavy atom. The number of aromatic nitrogens is 2. The fraction of sp³-hybridized carbons (Fsp3) is 0.393. The molecule has 1 N–H and O–H groups in total. The molecule has 1 fully saturated rings. The van der Waals surface area contributed by atoms with Crippen molar-refractivity contribution in [2.75, 3.05) is 18.1 Å². The largest absolute Gasteiger partial charge is 0.493 e. The number of hydrogen-bond acceptors (Lipinski definition) is 5. The highest BCUT2D eigenvalue weighted by Crippen LogP contribution is 2.27. The first-order valence-electron chi connectivity index (χ1n) is 12.2. The molecule has 0 aliphatic carbocycles. The fourth-order valence-electron chi connectivity index (χ4n) is 4.40. The summed E-state index contributed by atoms with van der Waals surface area (Å²) in [5, 5.41) is 10.4. The Morgan fingerprint density at radius 1 is 1.11 bits per heavy atom. The van der Waals surface area contributed by atoms with E-state index in [0.717, 1.165) is 42.1 Å². The molecule has 2 heterocycles. The van der Waals surface area contributed by atoms with E-state index in [1.807, 2.05) is 36.4 Å². The second-order valence-electron chi connectivity index (χ2n) is 9.50. The van der Waals surface area contributed by atoms with Crippen LogP contribution in [0.5, 0.6) is 5.75 Å². The minimum Gasteiger partial charge on any atom is -0.493 e. The summed E-state index contributed by atoms with van der Waals surface area (Å²) < 4.78 is 5.76. The van der Waals surface area contributed by atoms with Gasteiger partial charge in [0.1, 0.15) is 5.75 Å². The van der Waals surface area contributed by atoms with Gasteiger partial charge in [-0.3, -0.25) is 0 Å². The van der Waals surface area contributed by atoms with Crippen molar-refractivity contribution in [2.45, 2.75) is 52.0 Å². The van der Waals surface area contributed by atoms with E-state index in [1.54, 1.807) is 0 Å². The summed E-state index contributed by atoms with van der Waals surface area (Å²) in [5.41, 5.74) is 3.06. The molecular formula is C28H32ClN3O3. The molecule has 0 radical (unpaired) electrons. The van der Waals surface area contributed by atoms with E-state index in [1.165, 1.54) is 11.8 Å². The van der Waals surface area contributed by atoms with Gasteiger partial charge in [0, 0.05) is 23.8 Å². The second-order valence-corrected chi connectivity index (χ2v) is 9.94. The Kier molecular flexibility index (Phi) is 8.24. The van der Waals surface area contributed by atoms with Gasteiger partial charge >= 0.3 is 5.97 Å². The number of carboxylic acids is 1. The Balaban J connectivity index is 1.47. The van der Waals surface area contributed by atoms with Gasteiger partial charge in [0.2, 0.25) is 5.95 Å². The summed E-state index contributed by atoms with van der Waals surface area (Å²) in [6, 6.07) is 16.2. The first-order valence-corrected chi connectivity index (χ1v) is 12.6. The predicted molar refractivity (Wildman–Crippen MR) is 139 cm³/mol. The number of aryl methyl sites for hydroxylation is 2. The molecule has 1 unspecified atom stereocenters. The van der Waals surface area contributed by atoms with E-state index in [-0.39, 0.29) is 11.6 Å². The normalized spacial score (nSPS) is 15.5. The molecule has 1 saturated heterocycles. The molecule has 0 saturated carbocycles. The highest BCUT2D eigenvalue weighted by Gasteiger charge is 2.28. The van der Waals surface area contributed by atoms with Crippen molar-refractivity contribution < 1.29 is 14.6 Å². The Morgan fingerprint density at radius 3 is 2.51 bits per heavy atom. The third-order valence-corrected chi connectivity index (χ3v) is 6.51. The first kappa shape index (κ1) is 25.0. The highest BCUT2D eigenvalue weighted by atomic mass is 35.5. The van der Waals surface area contributed by atoms with Crippen LogP contribution in [0.15, 0.2) is 54.7 Å². The summed E-state index contributed by atoms with van der Waals surface area (Å²) in [6.45, 7) is 5.78. The number of aromatic carboxylic acids is 1. The molecule has 35 heavy (non-hydrogen) atoms. The van der Waals surface area contributed by atoms with Gasteiger partial charge in [0.15, 0.2) is 0 Å². The number of carbonyl (C=O) groups is 1. The zero-order valence-electron chi connectivity index (χ0n) is 20.3. The van der Waals surface area contributed by atoms with Gasteiger partial charge in [0.05, 0.1) is 17.9 Å². The molecule has 4 rings (SSSR count). The monoisotopic (exact) mass is 493 g/mol. The third kappa shape index (κ3) is 6.73. The van der Waals surface area contributed by atoms with Crippen LogP contribution >= 0.6 is 11.6 Å². The van der Waals surface area contributed by atoms with E-state index in [9.17, 15) is 9.90 Å². The van der Waals surface area contributed by atoms with Gasteiger partial charge < -0.3 is 14.7 Å². The zero-order valence-corrected chi connectivity index (χ0v) is 21.0. The van der Waals surface area contributed by atoms with Gasteiger partial charge in [0.25, 0.3) is 0 Å². The molecular weight excluding hydrogens is 462 g/mol. The van der Waals surface area contributed by atoms with Crippen LogP contribution in [0.25, 0.3) is 0 Å². The van der Waals surface area contributed by atoms with Gasteiger partial charge in [-0.05, 0) is 73.4 Å². The van der Waals surface area contributed by atoms with E-state index >= 15 is 0 Å². The molecule has 7 heteroatoms. The molecule has 184 valence electrons. The first-order chi connectivity index (χ1) is 16.9. The van der Waals surface area contributed by atoms with Crippen LogP contribution in [-0.2, 0) is 19.3 Å². The maximum absolute atomic E-state index is 11.8. The zero-order chi connectivity index (χ0) is 24.8. The lowest BCUT2D eigenvalue weighted by atomic mass is 10.0. The predicted octanol–water partition coefficient (Wildman–Crippen LogP) is 5.86. The summed E-state index contributed by atoms with van der Waals surface area (Å²) in [5.74, 6) is 0.929. The minimum atomic E-state index is -0.997. The average Bonchev–Trinajstić information content (AvgIpc) is 3.31. The summed E-state index contributed by atoms with van der Waals surface area (Å²) >= 11 is 6.03. The third-order valence-electron chi connectivity index (χ3n) is 6.26. The smallest absolute Gasteiger partial charge is 0.339 e. The lowest BCUT2D eigenvalue weighted by Crippen LogP contribution is -2.33. The number of carboxylic acid groups (broad SMARTS) is 1. The standard InChI is InChI=1S/C28H32ClN3O3/c1-19(2)18-35-24-12-7-20(8-13-24)9-14-26-25(27(33)34)17-30-28(31-26)32-15-3-4-23(32)16-21-5-10-22(29)11-6-21/h5-8,10-13,17,19,23H,3-4,9,14-16,18H2,1-2H3,(H,33,34). The SMILES string of the molecule is CC(C)COc1ccc(CCc2nc(N3CCCC3Cc3ccc(Cl)cc3)ncc2C(=O)O)cc1. The molecule has 3 aromatic rings. The van der Waals surface area contributed by atoms with Crippen molar-refractivity contribution in [3.05, 3.63) is 82.1 Å². The van der Waals surface area contributed by atoms with Crippen LogP contribution in [0.3, 0.4) is 0 Å². The Bertz CT molecular complexity index is 1130. The van der Waals surface area contributed by atoms with E-state index in [0.29, 0.717) is 37.0 Å². The van der Waals surface area contributed by atoms with Gasteiger partial charge in [-0.1, -0.05) is 49.7 Å². The molecule has 6 nitrogen and oxygen atoms in total. The molecule has 0 spiro atoms. The summed E-state index contributed by atoms with van der Waals surface area (Å²) in [6.07, 6.45) is 5.66. The number of ether oxygens (including phenoxy) is 1. The van der Waals surface area contributed by atoms with Crippen LogP contribution < -0.4 is 9.64 Å². The van der Waals surface area contributed by atoms with Gasteiger partial charge in [-0.25, -0.2) is 14.8 Å². The highest BCUT2D eigenvalue weighted by molar-refractivity contribution is 6.30. The van der Waals surface area contributed by atoms with E-state index in [2.05, 4.69) is 35.9 Å². The lowest BCUT2D eigenvalue weighted by molar-refractivity contribution is 0.0694. The number of hydrogen-bond donors (Lipinski definition) is 1. The maximum atomic E-state index is 11.8. The summed E-state index contributed by atoms with van der Waals surface area (Å²) in [4.78, 5) is 23.3. The van der Waals surface area contributed by atoms with Crippen molar-refractivity contribution in [1.29, 1.82) is 0 Å². The van der Waals surface area contributed by atoms with E-state index in [4.69, 9.17) is 21.3 Å². The number of anilines is 1. The van der Waals surface area contributed by atoms with E-state index < -0.39 is 5.97 Å². The lowest BCUT2D eigenvalue weighted by Gasteiger charge is -2.25. The van der Waals surface area contributed by atoms with Crippen molar-refractivity contribution in [3.8, 4) is 5.75 Å².